The van der Waals surface area contributed by atoms with E-state index in [-0.39, 0.29) is 17.1 Å². The smallest absolute Gasteiger partial charge is 0.338 e. The van der Waals surface area contributed by atoms with E-state index in [1.807, 2.05) is 29.6 Å². The Balaban J connectivity index is 1.44. The van der Waals surface area contributed by atoms with Gasteiger partial charge in [0.05, 0.1) is 28.8 Å². The lowest BCUT2D eigenvalue weighted by atomic mass is 10.2. The van der Waals surface area contributed by atoms with Gasteiger partial charge in [0.25, 0.3) is 0 Å². The highest BCUT2D eigenvalue weighted by molar-refractivity contribution is 7.89. The van der Waals surface area contributed by atoms with Gasteiger partial charge >= 0.3 is 5.97 Å². The average molecular weight is 473 g/mol. The third-order valence-corrected chi connectivity index (χ3v) is 8.08. The molecule has 3 aromatic rings. The maximum atomic E-state index is 12.9. The summed E-state index contributed by atoms with van der Waals surface area (Å²) >= 11 is 1.43. The Bertz CT molecular complexity index is 1200. The summed E-state index contributed by atoms with van der Waals surface area (Å²) in [7, 11) is -2.01. The molecule has 0 unspecified atom stereocenters. The lowest BCUT2D eigenvalue weighted by Gasteiger charge is -2.25. The van der Waals surface area contributed by atoms with Crippen LogP contribution in [0.2, 0.25) is 0 Å². The van der Waals surface area contributed by atoms with Gasteiger partial charge in [0.15, 0.2) is 0 Å². The molecule has 7 nitrogen and oxygen atoms in total. The second-order valence-electron chi connectivity index (χ2n) is 7.41. The molecule has 1 saturated heterocycles. The molecule has 1 aliphatic heterocycles. The summed E-state index contributed by atoms with van der Waals surface area (Å²) in [5.41, 5.74) is 1.68. The minimum absolute atomic E-state index is 0.00636. The van der Waals surface area contributed by atoms with Crippen molar-refractivity contribution in [1.82, 2.24) is 9.29 Å². The van der Waals surface area contributed by atoms with E-state index < -0.39 is 16.0 Å². The summed E-state index contributed by atoms with van der Waals surface area (Å²) in [6.45, 7) is 1.01. The van der Waals surface area contributed by atoms with E-state index in [1.165, 1.54) is 27.8 Å². The van der Waals surface area contributed by atoms with Crippen LogP contribution in [0.5, 0.6) is 5.75 Å². The highest BCUT2D eigenvalue weighted by atomic mass is 32.2. The number of hydrogen-bond donors (Lipinski definition) is 0. The number of esters is 1. The SMILES string of the molecule is COc1ccccc1-c1nc(COC(=O)c2cccc(S(=O)(=O)N3CCCCC3)c2)cs1. The van der Waals surface area contributed by atoms with E-state index in [9.17, 15) is 13.2 Å². The van der Waals surface area contributed by atoms with Crippen molar-refractivity contribution in [3.05, 3.63) is 65.2 Å². The highest BCUT2D eigenvalue weighted by Gasteiger charge is 2.26. The monoisotopic (exact) mass is 472 g/mol. The molecule has 0 saturated carbocycles. The maximum absolute atomic E-state index is 12.9. The van der Waals surface area contributed by atoms with Crippen LogP contribution in [-0.2, 0) is 21.4 Å². The van der Waals surface area contributed by atoms with Crippen molar-refractivity contribution in [2.75, 3.05) is 20.2 Å². The van der Waals surface area contributed by atoms with Crippen LogP contribution in [-0.4, -0.2) is 43.9 Å². The minimum atomic E-state index is -3.62. The molecule has 0 bridgehead atoms. The average Bonchev–Trinajstić information content (AvgIpc) is 3.32. The summed E-state index contributed by atoms with van der Waals surface area (Å²) in [5, 5.41) is 2.59. The van der Waals surface area contributed by atoms with Crippen LogP contribution < -0.4 is 4.74 Å². The molecule has 2 aromatic carbocycles. The molecule has 4 rings (SSSR count). The molecule has 0 spiro atoms. The van der Waals surface area contributed by atoms with Crippen LogP contribution in [0, 0.1) is 0 Å². The van der Waals surface area contributed by atoms with E-state index in [2.05, 4.69) is 4.98 Å². The summed E-state index contributed by atoms with van der Waals surface area (Å²) in [5.74, 6) is 0.129. The lowest BCUT2D eigenvalue weighted by Crippen LogP contribution is -2.35. The van der Waals surface area contributed by atoms with Gasteiger partial charge in [-0.2, -0.15) is 4.31 Å². The molecule has 0 aliphatic carbocycles. The normalized spacial score (nSPS) is 14.8. The van der Waals surface area contributed by atoms with Crippen molar-refractivity contribution >= 4 is 27.3 Å². The summed E-state index contributed by atoms with van der Waals surface area (Å²) in [6, 6.07) is 13.6. The van der Waals surface area contributed by atoms with E-state index >= 15 is 0 Å². The first-order valence-corrected chi connectivity index (χ1v) is 12.7. The number of carbonyl (C=O) groups excluding carboxylic acids is 1. The number of aromatic nitrogens is 1. The molecule has 0 atom stereocenters. The van der Waals surface area contributed by atoms with Crippen LogP contribution in [0.1, 0.15) is 35.3 Å². The number of sulfonamides is 1. The lowest BCUT2D eigenvalue weighted by molar-refractivity contribution is 0.0468. The van der Waals surface area contributed by atoms with Gasteiger partial charge in [-0.25, -0.2) is 18.2 Å². The first kappa shape index (κ1) is 22.4. The van der Waals surface area contributed by atoms with E-state index in [1.54, 1.807) is 19.2 Å². The molecule has 0 N–H and O–H groups in total. The Hall–Kier alpha value is -2.75. The van der Waals surface area contributed by atoms with Gasteiger partial charge in [-0.15, -0.1) is 11.3 Å². The first-order chi connectivity index (χ1) is 15.5. The fourth-order valence-corrected chi connectivity index (χ4v) is 5.98. The molecule has 32 heavy (non-hydrogen) atoms. The van der Waals surface area contributed by atoms with Crippen LogP contribution in [0.3, 0.4) is 0 Å². The Morgan fingerprint density at radius 3 is 2.66 bits per heavy atom. The minimum Gasteiger partial charge on any atom is -0.496 e. The van der Waals surface area contributed by atoms with Gasteiger partial charge in [-0.3, -0.25) is 0 Å². The predicted molar refractivity (Wildman–Crippen MR) is 122 cm³/mol. The van der Waals surface area contributed by atoms with E-state index in [4.69, 9.17) is 9.47 Å². The van der Waals surface area contributed by atoms with Crippen molar-refractivity contribution < 1.29 is 22.7 Å². The van der Waals surface area contributed by atoms with Gasteiger partial charge in [-0.05, 0) is 43.2 Å². The molecule has 2 heterocycles. The molecule has 1 aliphatic rings. The van der Waals surface area contributed by atoms with Crippen LogP contribution >= 0.6 is 11.3 Å². The Morgan fingerprint density at radius 1 is 1.09 bits per heavy atom. The summed E-state index contributed by atoms with van der Waals surface area (Å²) in [6.07, 6.45) is 2.74. The number of benzene rings is 2. The van der Waals surface area contributed by atoms with Crippen molar-refractivity contribution in [1.29, 1.82) is 0 Å². The number of thiazole rings is 1. The van der Waals surface area contributed by atoms with Gasteiger partial charge in [0, 0.05) is 18.5 Å². The van der Waals surface area contributed by atoms with Crippen LogP contribution in [0.4, 0.5) is 0 Å². The van der Waals surface area contributed by atoms with Crippen LogP contribution in [0.15, 0.2) is 58.8 Å². The largest absolute Gasteiger partial charge is 0.496 e. The number of rotatable bonds is 7. The fourth-order valence-electron chi connectivity index (χ4n) is 3.58. The zero-order valence-electron chi connectivity index (χ0n) is 17.7. The van der Waals surface area contributed by atoms with Crippen molar-refractivity contribution in [2.24, 2.45) is 0 Å². The second kappa shape index (κ2) is 9.81. The molecular weight excluding hydrogens is 448 g/mol. The molecule has 9 heteroatoms. The standard InChI is InChI=1S/C23H24N2O5S2/c1-29-21-11-4-3-10-20(21)22-24-18(16-31-22)15-30-23(26)17-8-7-9-19(14-17)32(27,28)25-12-5-2-6-13-25/h3-4,7-11,14,16H,2,5-6,12-13,15H2,1H3. The quantitative estimate of drug-likeness (QED) is 0.475. The van der Waals surface area contributed by atoms with E-state index in [0.717, 1.165) is 35.6 Å². The highest BCUT2D eigenvalue weighted by Crippen LogP contribution is 2.32. The third-order valence-electron chi connectivity index (χ3n) is 5.26. The number of ether oxygens (including phenoxy) is 2. The zero-order chi connectivity index (χ0) is 22.6. The summed E-state index contributed by atoms with van der Waals surface area (Å²) < 4.78 is 38.0. The topological polar surface area (TPSA) is 85.8 Å². The second-order valence-corrected chi connectivity index (χ2v) is 10.2. The van der Waals surface area contributed by atoms with Crippen molar-refractivity contribution in [3.63, 3.8) is 0 Å². The number of nitrogens with zero attached hydrogens (tertiary/aromatic N) is 2. The van der Waals surface area contributed by atoms with Gasteiger partial charge in [0.2, 0.25) is 10.0 Å². The first-order valence-electron chi connectivity index (χ1n) is 10.3. The third kappa shape index (κ3) is 4.85. The molecular formula is C23H24N2O5S2. The van der Waals surface area contributed by atoms with Crippen molar-refractivity contribution in [3.8, 4) is 16.3 Å². The number of carbonyl (C=O) groups is 1. The van der Waals surface area contributed by atoms with Gasteiger partial charge < -0.3 is 9.47 Å². The molecule has 168 valence electrons. The Labute approximate surface area is 191 Å². The van der Waals surface area contributed by atoms with Gasteiger partial charge in [0.1, 0.15) is 17.4 Å². The maximum Gasteiger partial charge on any atom is 0.338 e. The van der Waals surface area contributed by atoms with Crippen molar-refractivity contribution in [2.45, 2.75) is 30.8 Å². The Morgan fingerprint density at radius 2 is 1.88 bits per heavy atom. The van der Waals surface area contributed by atoms with Crippen LogP contribution in [0.25, 0.3) is 10.6 Å². The Kier molecular flexibility index (Phi) is 6.88. The molecule has 0 amide bonds. The molecule has 1 aromatic heterocycles. The number of piperidine rings is 1. The van der Waals surface area contributed by atoms with E-state index in [0.29, 0.717) is 18.8 Å². The van der Waals surface area contributed by atoms with Gasteiger partial charge in [-0.1, -0.05) is 24.6 Å². The fraction of sp³-hybridized carbons (Fsp3) is 0.304. The number of para-hydroxylation sites is 1. The predicted octanol–water partition coefficient (Wildman–Crippen LogP) is 4.35. The number of methoxy groups -OCH3 is 1. The summed E-state index contributed by atoms with van der Waals surface area (Å²) in [4.78, 5) is 17.2. The zero-order valence-corrected chi connectivity index (χ0v) is 19.3. The molecule has 1 fully saturated rings. The molecule has 0 radical (unpaired) electrons. The number of hydrogen-bond acceptors (Lipinski definition) is 7.